The van der Waals surface area contributed by atoms with E-state index in [2.05, 4.69) is 18.2 Å². The minimum Gasteiger partial charge on any atom is -0.490 e. The Labute approximate surface area is 115 Å². The highest BCUT2D eigenvalue weighted by molar-refractivity contribution is 5.75. The minimum absolute atomic E-state index is 0.241. The molecular formula is C17H22O2. The van der Waals surface area contributed by atoms with E-state index in [9.17, 15) is 4.79 Å². The number of Topliss-reactive ketones (excluding diaryl/α,β-unsaturated/α-hetero) is 1. The maximum absolute atomic E-state index is 10.8. The van der Waals surface area contributed by atoms with Crippen molar-refractivity contribution in [2.45, 2.75) is 51.6 Å². The molecule has 2 nitrogen and oxygen atoms in total. The fourth-order valence-electron chi connectivity index (χ4n) is 2.36. The van der Waals surface area contributed by atoms with E-state index in [1.807, 2.05) is 18.2 Å². The van der Waals surface area contributed by atoms with Crippen molar-refractivity contribution < 1.29 is 9.53 Å². The van der Waals surface area contributed by atoms with Crippen molar-refractivity contribution in [1.29, 1.82) is 0 Å². The average Bonchev–Trinajstić information content (AvgIpc) is 2.89. The van der Waals surface area contributed by atoms with Crippen LogP contribution in [-0.4, -0.2) is 11.9 Å². The molecule has 1 aromatic rings. The molecule has 1 aromatic carbocycles. The molecule has 0 amide bonds. The lowest BCUT2D eigenvalue weighted by Gasteiger charge is -2.12. The molecule has 1 fully saturated rings. The number of ether oxygens (including phenoxy) is 1. The van der Waals surface area contributed by atoms with E-state index in [-0.39, 0.29) is 5.78 Å². The molecule has 0 heterocycles. The summed E-state index contributed by atoms with van der Waals surface area (Å²) in [6.07, 6.45) is 10.9. The lowest BCUT2D eigenvalue weighted by Crippen LogP contribution is -2.10. The molecule has 0 atom stereocenters. The summed E-state index contributed by atoms with van der Waals surface area (Å²) in [7, 11) is 0. The molecule has 19 heavy (non-hydrogen) atoms. The monoisotopic (exact) mass is 258 g/mol. The number of rotatable bonds is 6. The number of hydrogen-bond acceptors (Lipinski definition) is 2. The first kappa shape index (κ1) is 13.9. The first-order valence-electron chi connectivity index (χ1n) is 7.17. The summed E-state index contributed by atoms with van der Waals surface area (Å²) in [5.41, 5.74) is 1.15. The van der Waals surface area contributed by atoms with Crippen LogP contribution in [0.15, 0.2) is 30.3 Å². The van der Waals surface area contributed by atoms with Gasteiger partial charge in [0.25, 0.3) is 0 Å². The van der Waals surface area contributed by atoms with Gasteiger partial charge in [0.2, 0.25) is 0 Å². The lowest BCUT2D eigenvalue weighted by atomic mass is 10.1. The molecule has 0 spiro atoms. The number of allylic oxidation sites excluding steroid dienone is 1. The molecule has 0 aromatic heterocycles. The van der Waals surface area contributed by atoms with Crippen molar-refractivity contribution in [2.24, 2.45) is 0 Å². The van der Waals surface area contributed by atoms with Gasteiger partial charge in [0.15, 0.2) is 0 Å². The SMILES string of the molecule is CC(=O)CC/C=C/c1ccc(OC2CCCC2)cc1. The molecule has 0 unspecified atom stereocenters. The van der Waals surface area contributed by atoms with Gasteiger partial charge in [-0.3, -0.25) is 0 Å². The van der Waals surface area contributed by atoms with Gasteiger partial charge in [0.1, 0.15) is 11.5 Å². The van der Waals surface area contributed by atoms with Gasteiger partial charge in [-0.05, 0) is 56.7 Å². The molecule has 0 saturated heterocycles. The summed E-state index contributed by atoms with van der Waals surface area (Å²) in [6, 6.07) is 8.19. The van der Waals surface area contributed by atoms with Gasteiger partial charge in [-0.25, -0.2) is 0 Å². The minimum atomic E-state index is 0.241. The zero-order valence-electron chi connectivity index (χ0n) is 11.6. The number of carbonyl (C=O) groups is 1. The summed E-state index contributed by atoms with van der Waals surface area (Å²) in [5.74, 6) is 1.21. The van der Waals surface area contributed by atoms with Crippen LogP contribution in [0.5, 0.6) is 5.75 Å². The van der Waals surface area contributed by atoms with Gasteiger partial charge in [-0.15, -0.1) is 0 Å². The molecule has 102 valence electrons. The summed E-state index contributed by atoms with van der Waals surface area (Å²) in [6.45, 7) is 1.63. The maximum Gasteiger partial charge on any atom is 0.130 e. The Hall–Kier alpha value is -1.57. The molecule has 0 N–H and O–H groups in total. The van der Waals surface area contributed by atoms with Crippen molar-refractivity contribution >= 4 is 11.9 Å². The van der Waals surface area contributed by atoms with Crippen molar-refractivity contribution in [3.63, 3.8) is 0 Å². The van der Waals surface area contributed by atoms with E-state index >= 15 is 0 Å². The van der Waals surface area contributed by atoms with Crippen molar-refractivity contribution in [3.8, 4) is 5.75 Å². The zero-order chi connectivity index (χ0) is 13.5. The smallest absolute Gasteiger partial charge is 0.130 e. The highest BCUT2D eigenvalue weighted by Crippen LogP contribution is 2.24. The summed E-state index contributed by atoms with van der Waals surface area (Å²) >= 11 is 0. The Morgan fingerprint density at radius 2 is 1.95 bits per heavy atom. The van der Waals surface area contributed by atoms with Gasteiger partial charge in [-0.2, -0.15) is 0 Å². The third-order valence-corrected chi connectivity index (χ3v) is 3.46. The Morgan fingerprint density at radius 1 is 1.26 bits per heavy atom. The Balaban J connectivity index is 1.81. The summed E-state index contributed by atoms with van der Waals surface area (Å²) in [5, 5.41) is 0. The van der Waals surface area contributed by atoms with Gasteiger partial charge < -0.3 is 9.53 Å². The van der Waals surface area contributed by atoms with Gasteiger partial charge >= 0.3 is 0 Å². The molecule has 0 aliphatic heterocycles. The van der Waals surface area contributed by atoms with Crippen LogP contribution >= 0.6 is 0 Å². The fraction of sp³-hybridized carbons (Fsp3) is 0.471. The van der Waals surface area contributed by atoms with Crippen LogP contribution in [0.4, 0.5) is 0 Å². The Bertz CT molecular complexity index is 425. The van der Waals surface area contributed by atoms with Gasteiger partial charge in [-0.1, -0.05) is 24.3 Å². The fourth-order valence-corrected chi connectivity index (χ4v) is 2.36. The van der Waals surface area contributed by atoms with E-state index in [0.29, 0.717) is 12.5 Å². The number of benzene rings is 1. The third-order valence-electron chi connectivity index (χ3n) is 3.46. The highest BCUT2D eigenvalue weighted by Gasteiger charge is 2.15. The number of ketones is 1. The Kier molecular flexibility index (Phi) is 5.20. The lowest BCUT2D eigenvalue weighted by molar-refractivity contribution is -0.116. The zero-order valence-corrected chi connectivity index (χ0v) is 11.6. The van der Waals surface area contributed by atoms with Crippen molar-refractivity contribution in [1.82, 2.24) is 0 Å². The van der Waals surface area contributed by atoms with Crippen molar-refractivity contribution in [3.05, 3.63) is 35.9 Å². The average molecular weight is 258 g/mol. The second-order valence-electron chi connectivity index (χ2n) is 5.24. The first-order chi connectivity index (χ1) is 9.24. The van der Waals surface area contributed by atoms with Crippen LogP contribution in [-0.2, 0) is 4.79 Å². The van der Waals surface area contributed by atoms with Crippen molar-refractivity contribution in [2.75, 3.05) is 0 Å². The topological polar surface area (TPSA) is 26.3 Å². The predicted molar refractivity (Wildman–Crippen MR) is 78.3 cm³/mol. The van der Waals surface area contributed by atoms with Crippen LogP contribution in [0.3, 0.4) is 0 Å². The maximum atomic E-state index is 10.8. The normalized spacial score (nSPS) is 16.1. The second-order valence-corrected chi connectivity index (χ2v) is 5.24. The van der Waals surface area contributed by atoms with E-state index in [1.54, 1.807) is 6.92 Å². The van der Waals surface area contributed by atoms with Crippen LogP contribution in [0.2, 0.25) is 0 Å². The van der Waals surface area contributed by atoms with Crippen LogP contribution < -0.4 is 4.74 Å². The molecule has 1 aliphatic carbocycles. The molecule has 0 bridgehead atoms. The number of hydrogen-bond donors (Lipinski definition) is 0. The summed E-state index contributed by atoms with van der Waals surface area (Å²) < 4.78 is 5.92. The van der Waals surface area contributed by atoms with Gasteiger partial charge in [0.05, 0.1) is 6.10 Å². The molecule has 0 radical (unpaired) electrons. The van der Waals surface area contributed by atoms with Crippen LogP contribution in [0, 0.1) is 0 Å². The first-order valence-corrected chi connectivity index (χ1v) is 7.17. The number of carbonyl (C=O) groups excluding carboxylic acids is 1. The Morgan fingerprint density at radius 3 is 2.58 bits per heavy atom. The third kappa shape index (κ3) is 4.90. The van der Waals surface area contributed by atoms with E-state index < -0.39 is 0 Å². The summed E-state index contributed by atoms with van der Waals surface area (Å²) in [4.78, 5) is 10.8. The molecule has 1 saturated carbocycles. The van der Waals surface area contributed by atoms with Crippen LogP contribution in [0.1, 0.15) is 51.0 Å². The predicted octanol–water partition coefficient (Wildman–Crippen LogP) is 4.39. The van der Waals surface area contributed by atoms with E-state index in [4.69, 9.17) is 4.74 Å². The second kappa shape index (κ2) is 7.13. The molecular weight excluding hydrogens is 236 g/mol. The van der Waals surface area contributed by atoms with E-state index in [0.717, 1.165) is 17.7 Å². The largest absolute Gasteiger partial charge is 0.490 e. The standard InChI is InChI=1S/C17H22O2/c1-14(18)6-2-3-7-15-10-12-17(13-11-15)19-16-8-4-5-9-16/h3,7,10-13,16H,2,4-6,8-9H2,1H3/b7-3+. The van der Waals surface area contributed by atoms with E-state index in [1.165, 1.54) is 25.7 Å². The quantitative estimate of drug-likeness (QED) is 0.756. The molecule has 2 heteroatoms. The molecule has 1 aliphatic rings. The highest BCUT2D eigenvalue weighted by atomic mass is 16.5. The van der Waals surface area contributed by atoms with Crippen LogP contribution in [0.25, 0.3) is 6.08 Å². The van der Waals surface area contributed by atoms with Gasteiger partial charge in [0, 0.05) is 6.42 Å². The molecule has 2 rings (SSSR count).